The lowest BCUT2D eigenvalue weighted by Crippen LogP contribution is -2.45. The standard InChI is InChI=1S/C19H22N2O4/c1-12(2)17(19(24)25)21-16(22)9-10-20-18(23)15-8-7-13-5-3-4-6-14(13)11-15/h3-8,11-12,17H,9-10H2,1-2H3,(H,20,23)(H,21,22)(H,24,25)/t17-/m0/s1. The molecule has 0 bridgehead atoms. The van der Waals surface area contributed by atoms with Crippen molar-refractivity contribution in [2.75, 3.05) is 6.54 Å². The highest BCUT2D eigenvalue weighted by Crippen LogP contribution is 2.15. The smallest absolute Gasteiger partial charge is 0.326 e. The van der Waals surface area contributed by atoms with Gasteiger partial charge in [-0.15, -0.1) is 0 Å². The van der Waals surface area contributed by atoms with Gasteiger partial charge in [0.25, 0.3) is 5.91 Å². The third-order valence-electron chi connectivity index (χ3n) is 3.90. The number of aliphatic carboxylic acids is 1. The third kappa shape index (κ3) is 5.04. The van der Waals surface area contributed by atoms with E-state index in [0.717, 1.165) is 10.8 Å². The third-order valence-corrected chi connectivity index (χ3v) is 3.90. The SMILES string of the molecule is CC(C)[C@H](NC(=O)CCNC(=O)c1ccc2ccccc2c1)C(=O)O. The molecule has 2 aromatic carbocycles. The molecule has 6 nitrogen and oxygen atoms in total. The molecule has 1 atom stereocenters. The predicted octanol–water partition coefficient (Wildman–Crippen LogP) is 2.19. The number of carbonyl (C=O) groups is 3. The quantitative estimate of drug-likeness (QED) is 0.719. The minimum Gasteiger partial charge on any atom is -0.480 e. The molecule has 0 unspecified atom stereocenters. The molecule has 0 fully saturated rings. The van der Waals surface area contributed by atoms with Crippen LogP contribution in [0, 0.1) is 5.92 Å². The molecule has 0 saturated carbocycles. The first-order chi connectivity index (χ1) is 11.9. The summed E-state index contributed by atoms with van der Waals surface area (Å²) in [5.41, 5.74) is 0.518. The van der Waals surface area contributed by atoms with Crippen molar-refractivity contribution in [1.29, 1.82) is 0 Å². The molecule has 2 rings (SSSR count). The Balaban J connectivity index is 1.87. The maximum atomic E-state index is 12.2. The normalized spacial score (nSPS) is 12.0. The lowest BCUT2D eigenvalue weighted by Gasteiger charge is -2.17. The van der Waals surface area contributed by atoms with Crippen molar-refractivity contribution < 1.29 is 19.5 Å². The number of carboxylic acids is 1. The maximum absolute atomic E-state index is 12.2. The molecule has 132 valence electrons. The van der Waals surface area contributed by atoms with Crippen molar-refractivity contribution in [1.82, 2.24) is 10.6 Å². The highest BCUT2D eigenvalue weighted by molar-refractivity contribution is 5.98. The van der Waals surface area contributed by atoms with Gasteiger partial charge in [-0.2, -0.15) is 0 Å². The zero-order valence-electron chi connectivity index (χ0n) is 14.3. The molecule has 2 amide bonds. The van der Waals surface area contributed by atoms with Crippen LogP contribution in [-0.4, -0.2) is 35.5 Å². The minimum atomic E-state index is -1.07. The second-order valence-electron chi connectivity index (χ2n) is 6.20. The van der Waals surface area contributed by atoms with E-state index in [2.05, 4.69) is 10.6 Å². The number of rotatable bonds is 7. The van der Waals surface area contributed by atoms with Crippen LogP contribution in [0.2, 0.25) is 0 Å². The van der Waals surface area contributed by atoms with Gasteiger partial charge in [0.05, 0.1) is 0 Å². The largest absolute Gasteiger partial charge is 0.480 e. The highest BCUT2D eigenvalue weighted by atomic mass is 16.4. The van der Waals surface area contributed by atoms with Crippen LogP contribution < -0.4 is 10.6 Å². The lowest BCUT2D eigenvalue weighted by atomic mass is 10.0. The molecule has 0 aliphatic rings. The first kappa shape index (κ1) is 18.4. The van der Waals surface area contributed by atoms with Crippen molar-refractivity contribution in [2.45, 2.75) is 26.3 Å². The van der Waals surface area contributed by atoms with E-state index in [1.54, 1.807) is 26.0 Å². The van der Waals surface area contributed by atoms with E-state index in [9.17, 15) is 14.4 Å². The molecule has 0 saturated heterocycles. The van der Waals surface area contributed by atoms with Crippen LogP contribution in [-0.2, 0) is 9.59 Å². The van der Waals surface area contributed by atoms with E-state index in [-0.39, 0.29) is 24.8 Å². The molecule has 6 heteroatoms. The molecule has 3 N–H and O–H groups in total. The number of hydrogen-bond acceptors (Lipinski definition) is 3. The summed E-state index contributed by atoms with van der Waals surface area (Å²) >= 11 is 0. The number of hydrogen-bond donors (Lipinski definition) is 3. The first-order valence-electron chi connectivity index (χ1n) is 8.17. The Labute approximate surface area is 146 Å². The second-order valence-corrected chi connectivity index (χ2v) is 6.20. The monoisotopic (exact) mass is 342 g/mol. The van der Waals surface area contributed by atoms with Gasteiger partial charge < -0.3 is 15.7 Å². The molecular weight excluding hydrogens is 320 g/mol. The van der Waals surface area contributed by atoms with E-state index in [1.165, 1.54) is 0 Å². The number of benzene rings is 2. The maximum Gasteiger partial charge on any atom is 0.326 e. The number of fused-ring (bicyclic) bond motifs is 1. The van der Waals surface area contributed by atoms with Gasteiger partial charge in [-0.1, -0.05) is 44.2 Å². The lowest BCUT2D eigenvalue weighted by molar-refractivity contribution is -0.143. The molecular formula is C19H22N2O4. The Kier molecular flexibility index (Phi) is 6.11. The number of amides is 2. The molecule has 25 heavy (non-hydrogen) atoms. The van der Waals surface area contributed by atoms with Gasteiger partial charge >= 0.3 is 5.97 Å². The van der Waals surface area contributed by atoms with E-state index in [4.69, 9.17) is 5.11 Å². The first-order valence-corrected chi connectivity index (χ1v) is 8.17. The van der Waals surface area contributed by atoms with Crippen molar-refractivity contribution >= 4 is 28.6 Å². The topological polar surface area (TPSA) is 95.5 Å². The van der Waals surface area contributed by atoms with Crippen LogP contribution in [0.3, 0.4) is 0 Å². The van der Waals surface area contributed by atoms with Gasteiger partial charge in [0.15, 0.2) is 0 Å². The fourth-order valence-corrected chi connectivity index (χ4v) is 2.48. The van der Waals surface area contributed by atoms with Crippen molar-refractivity contribution in [3.05, 3.63) is 48.0 Å². The van der Waals surface area contributed by atoms with Crippen molar-refractivity contribution in [3.63, 3.8) is 0 Å². The summed E-state index contributed by atoms with van der Waals surface area (Å²) in [6.45, 7) is 3.59. The van der Waals surface area contributed by atoms with Crippen molar-refractivity contribution in [3.8, 4) is 0 Å². The average molecular weight is 342 g/mol. The second kappa shape index (κ2) is 8.28. The fraction of sp³-hybridized carbons (Fsp3) is 0.316. The van der Waals surface area contributed by atoms with Gasteiger partial charge in [-0.25, -0.2) is 4.79 Å². The van der Waals surface area contributed by atoms with Crippen LogP contribution >= 0.6 is 0 Å². The molecule has 0 heterocycles. The summed E-state index contributed by atoms with van der Waals surface area (Å²) in [5.74, 6) is -1.95. The minimum absolute atomic E-state index is 0.0236. The molecule has 2 aromatic rings. The highest BCUT2D eigenvalue weighted by Gasteiger charge is 2.23. The Morgan fingerprint density at radius 2 is 1.72 bits per heavy atom. The Bertz CT molecular complexity index is 786. The Morgan fingerprint density at radius 3 is 2.36 bits per heavy atom. The van der Waals surface area contributed by atoms with Crippen LogP contribution in [0.15, 0.2) is 42.5 Å². The molecule has 0 aliphatic heterocycles. The molecule has 0 radical (unpaired) electrons. The fourth-order valence-electron chi connectivity index (χ4n) is 2.48. The van der Waals surface area contributed by atoms with E-state index >= 15 is 0 Å². The van der Waals surface area contributed by atoms with Gasteiger partial charge in [-0.3, -0.25) is 9.59 Å². The summed E-state index contributed by atoms with van der Waals surface area (Å²) < 4.78 is 0. The summed E-state index contributed by atoms with van der Waals surface area (Å²) in [7, 11) is 0. The van der Waals surface area contributed by atoms with Gasteiger partial charge in [0.1, 0.15) is 6.04 Å². The molecule has 0 aliphatic carbocycles. The van der Waals surface area contributed by atoms with Crippen molar-refractivity contribution in [2.24, 2.45) is 5.92 Å². The summed E-state index contributed by atoms with van der Waals surface area (Å²) in [6.07, 6.45) is 0.0236. The summed E-state index contributed by atoms with van der Waals surface area (Å²) in [5, 5.41) is 16.2. The van der Waals surface area contributed by atoms with Crippen LogP contribution in [0.5, 0.6) is 0 Å². The average Bonchev–Trinajstić information content (AvgIpc) is 2.58. The zero-order valence-corrected chi connectivity index (χ0v) is 14.3. The zero-order chi connectivity index (χ0) is 18.4. The predicted molar refractivity (Wildman–Crippen MR) is 95.3 cm³/mol. The van der Waals surface area contributed by atoms with E-state index in [0.29, 0.717) is 5.56 Å². The summed E-state index contributed by atoms with van der Waals surface area (Å²) in [6, 6.07) is 12.2. The van der Waals surface area contributed by atoms with E-state index in [1.807, 2.05) is 30.3 Å². The number of carbonyl (C=O) groups excluding carboxylic acids is 2. The van der Waals surface area contributed by atoms with Crippen LogP contribution in [0.25, 0.3) is 10.8 Å². The van der Waals surface area contributed by atoms with Gasteiger partial charge in [0.2, 0.25) is 5.91 Å². The molecule has 0 aromatic heterocycles. The van der Waals surface area contributed by atoms with Gasteiger partial charge in [-0.05, 0) is 28.8 Å². The number of nitrogens with one attached hydrogen (secondary N) is 2. The van der Waals surface area contributed by atoms with Crippen LogP contribution in [0.1, 0.15) is 30.6 Å². The Hall–Kier alpha value is -2.89. The van der Waals surface area contributed by atoms with Crippen LogP contribution in [0.4, 0.5) is 0 Å². The summed E-state index contributed by atoms with van der Waals surface area (Å²) in [4.78, 5) is 35.1. The van der Waals surface area contributed by atoms with E-state index < -0.39 is 17.9 Å². The molecule has 0 spiro atoms. The number of carboxylic acid groups (broad SMARTS) is 1. The van der Waals surface area contributed by atoms with Gasteiger partial charge in [0, 0.05) is 18.5 Å². The Morgan fingerprint density at radius 1 is 1.04 bits per heavy atom.